The summed E-state index contributed by atoms with van der Waals surface area (Å²) in [5, 5.41) is 0. The number of nitrogens with zero attached hydrogens (tertiary/aromatic N) is 2. The van der Waals surface area contributed by atoms with Crippen molar-refractivity contribution in [2.45, 2.75) is 19.8 Å². The summed E-state index contributed by atoms with van der Waals surface area (Å²) >= 11 is 0. The Kier molecular flexibility index (Phi) is 4.00. The molecule has 1 aliphatic rings. The smallest absolute Gasteiger partial charge is 0.125 e. The molecule has 3 heteroatoms. The van der Waals surface area contributed by atoms with Gasteiger partial charge in [-0.05, 0) is 61.2 Å². The highest BCUT2D eigenvalue weighted by atomic mass is 19.1. The largest absolute Gasteiger partial charge is 0.372 e. The van der Waals surface area contributed by atoms with Crippen molar-refractivity contribution < 1.29 is 4.39 Å². The van der Waals surface area contributed by atoms with Crippen molar-refractivity contribution in [3.63, 3.8) is 0 Å². The molecule has 2 nitrogen and oxygen atoms in total. The zero-order valence-electron chi connectivity index (χ0n) is 12.2. The number of anilines is 1. The van der Waals surface area contributed by atoms with Gasteiger partial charge in [-0.3, -0.25) is 4.99 Å². The van der Waals surface area contributed by atoms with Gasteiger partial charge in [-0.2, -0.15) is 0 Å². The van der Waals surface area contributed by atoms with Gasteiger partial charge in [-0.1, -0.05) is 12.1 Å². The number of aryl methyl sites for hydroxylation is 1. The Hall–Kier alpha value is -2.16. The molecule has 21 heavy (non-hydrogen) atoms. The molecule has 0 unspecified atom stereocenters. The maximum absolute atomic E-state index is 13.1. The van der Waals surface area contributed by atoms with Gasteiger partial charge in [-0.25, -0.2) is 4.39 Å². The SMILES string of the molecule is Cc1cc(N2CCCC2)ccc1C=Nc1cccc(F)c1. The van der Waals surface area contributed by atoms with Crippen LogP contribution in [-0.4, -0.2) is 19.3 Å². The summed E-state index contributed by atoms with van der Waals surface area (Å²) in [6.07, 6.45) is 4.36. The third kappa shape index (κ3) is 3.30. The monoisotopic (exact) mass is 282 g/mol. The molecule has 0 N–H and O–H groups in total. The molecule has 0 atom stereocenters. The van der Waals surface area contributed by atoms with Crippen LogP contribution in [0.25, 0.3) is 0 Å². The highest BCUT2D eigenvalue weighted by Crippen LogP contribution is 2.23. The van der Waals surface area contributed by atoms with Crippen LogP contribution in [0.1, 0.15) is 24.0 Å². The second kappa shape index (κ2) is 6.08. The summed E-state index contributed by atoms with van der Waals surface area (Å²) in [5.41, 5.74) is 4.19. The van der Waals surface area contributed by atoms with E-state index in [2.05, 4.69) is 35.0 Å². The normalized spacial score (nSPS) is 15.0. The zero-order chi connectivity index (χ0) is 14.7. The lowest BCUT2D eigenvalue weighted by molar-refractivity contribution is 0.628. The van der Waals surface area contributed by atoms with E-state index in [1.807, 2.05) is 0 Å². The molecule has 2 aromatic carbocycles. The van der Waals surface area contributed by atoms with Crippen LogP contribution in [0.2, 0.25) is 0 Å². The molecule has 1 saturated heterocycles. The Morgan fingerprint density at radius 2 is 1.90 bits per heavy atom. The van der Waals surface area contributed by atoms with E-state index in [9.17, 15) is 4.39 Å². The zero-order valence-corrected chi connectivity index (χ0v) is 12.2. The Bertz CT molecular complexity index is 658. The van der Waals surface area contributed by atoms with Crippen molar-refractivity contribution >= 4 is 17.6 Å². The van der Waals surface area contributed by atoms with Crippen molar-refractivity contribution in [1.82, 2.24) is 0 Å². The summed E-state index contributed by atoms with van der Waals surface area (Å²) in [6.45, 7) is 4.39. The predicted octanol–water partition coefficient (Wildman–Crippen LogP) is 4.48. The van der Waals surface area contributed by atoms with Gasteiger partial charge in [0.1, 0.15) is 5.82 Å². The van der Waals surface area contributed by atoms with Gasteiger partial charge < -0.3 is 4.90 Å². The van der Waals surface area contributed by atoms with Gasteiger partial charge in [0.05, 0.1) is 5.69 Å². The molecular weight excluding hydrogens is 263 g/mol. The fraction of sp³-hybridized carbons (Fsp3) is 0.278. The fourth-order valence-corrected chi connectivity index (χ4v) is 2.68. The molecule has 0 amide bonds. The molecule has 0 saturated carbocycles. The third-order valence-electron chi connectivity index (χ3n) is 3.89. The fourth-order valence-electron chi connectivity index (χ4n) is 2.68. The van der Waals surface area contributed by atoms with Crippen LogP contribution in [0.5, 0.6) is 0 Å². The molecule has 1 fully saturated rings. The first-order valence-corrected chi connectivity index (χ1v) is 7.37. The van der Waals surface area contributed by atoms with Crippen molar-refractivity contribution in [3.8, 4) is 0 Å². The van der Waals surface area contributed by atoms with Gasteiger partial charge >= 0.3 is 0 Å². The molecule has 0 aromatic heterocycles. The summed E-state index contributed by atoms with van der Waals surface area (Å²) < 4.78 is 13.1. The number of hydrogen-bond acceptors (Lipinski definition) is 2. The van der Waals surface area contributed by atoms with E-state index in [1.165, 1.54) is 36.2 Å². The van der Waals surface area contributed by atoms with E-state index in [4.69, 9.17) is 0 Å². The molecule has 2 aromatic rings. The molecule has 1 aliphatic heterocycles. The van der Waals surface area contributed by atoms with Crippen molar-refractivity contribution in [1.29, 1.82) is 0 Å². The van der Waals surface area contributed by atoms with Gasteiger partial charge in [0.15, 0.2) is 0 Å². The van der Waals surface area contributed by atoms with Gasteiger partial charge in [0.25, 0.3) is 0 Å². The predicted molar refractivity (Wildman–Crippen MR) is 86.3 cm³/mol. The molecule has 0 radical (unpaired) electrons. The summed E-state index contributed by atoms with van der Waals surface area (Å²) in [7, 11) is 0. The van der Waals surface area contributed by atoms with Crippen molar-refractivity contribution in [3.05, 3.63) is 59.4 Å². The molecule has 3 rings (SSSR count). The van der Waals surface area contributed by atoms with Crippen LogP contribution in [0.4, 0.5) is 15.8 Å². The Balaban J connectivity index is 1.79. The van der Waals surface area contributed by atoms with Crippen molar-refractivity contribution in [2.75, 3.05) is 18.0 Å². The van der Waals surface area contributed by atoms with Gasteiger partial charge in [0.2, 0.25) is 0 Å². The van der Waals surface area contributed by atoms with Crippen LogP contribution in [0.15, 0.2) is 47.5 Å². The first kappa shape index (κ1) is 13.8. The third-order valence-corrected chi connectivity index (χ3v) is 3.89. The Morgan fingerprint density at radius 3 is 2.62 bits per heavy atom. The highest BCUT2D eigenvalue weighted by molar-refractivity contribution is 5.84. The van der Waals surface area contributed by atoms with Crippen LogP contribution in [0.3, 0.4) is 0 Å². The van der Waals surface area contributed by atoms with Crippen LogP contribution < -0.4 is 4.90 Å². The van der Waals surface area contributed by atoms with E-state index < -0.39 is 0 Å². The minimum atomic E-state index is -0.259. The standard InChI is InChI=1S/C18H19FN2/c1-14-11-18(21-9-2-3-10-21)8-7-15(14)13-20-17-6-4-5-16(19)12-17/h4-8,11-13H,2-3,9-10H2,1H3. The number of rotatable bonds is 3. The average molecular weight is 282 g/mol. The summed E-state index contributed by atoms with van der Waals surface area (Å²) in [5.74, 6) is -0.259. The molecule has 108 valence electrons. The van der Waals surface area contributed by atoms with E-state index in [0.717, 1.165) is 18.7 Å². The van der Waals surface area contributed by atoms with Crippen LogP contribution in [-0.2, 0) is 0 Å². The minimum Gasteiger partial charge on any atom is -0.372 e. The number of halogens is 1. The average Bonchev–Trinajstić information content (AvgIpc) is 3.00. The van der Waals surface area contributed by atoms with E-state index in [-0.39, 0.29) is 5.82 Å². The lowest BCUT2D eigenvalue weighted by Gasteiger charge is -2.18. The summed E-state index contributed by atoms with van der Waals surface area (Å²) in [6, 6.07) is 12.8. The Morgan fingerprint density at radius 1 is 1.10 bits per heavy atom. The van der Waals surface area contributed by atoms with E-state index in [0.29, 0.717) is 5.69 Å². The lowest BCUT2D eigenvalue weighted by atomic mass is 10.1. The maximum Gasteiger partial charge on any atom is 0.125 e. The van der Waals surface area contributed by atoms with Crippen LogP contribution in [0, 0.1) is 12.7 Å². The number of hydrogen-bond donors (Lipinski definition) is 0. The van der Waals surface area contributed by atoms with Gasteiger partial charge in [0, 0.05) is 25.0 Å². The van der Waals surface area contributed by atoms with Crippen molar-refractivity contribution in [2.24, 2.45) is 4.99 Å². The summed E-state index contributed by atoms with van der Waals surface area (Å²) in [4.78, 5) is 6.76. The van der Waals surface area contributed by atoms with E-state index in [1.54, 1.807) is 18.3 Å². The Labute approximate surface area is 124 Å². The number of aliphatic imine (C=N–C) groups is 1. The molecule has 1 heterocycles. The van der Waals surface area contributed by atoms with Gasteiger partial charge in [-0.15, -0.1) is 0 Å². The first-order chi connectivity index (χ1) is 10.2. The quantitative estimate of drug-likeness (QED) is 0.758. The van der Waals surface area contributed by atoms with E-state index >= 15 is 0 Å². The topological polar surface area (TPSA) is 15.6 Å². The first-order valence-electron chi connectivity index (χ1n) is 7.37. The minimum absolute atomic E-state index is 0.259. The molecule has 0 spiro atoms. The molecule has 0 bridgehead atoms. The number of benzene rings is 2. The highest BCUT2D eigenvalue weighted by Gasteiger charge is 2.12. The lowest BCUT2D eigenvalue weighted by Crippen LogP contribution is -2.17. The molecular formula is C18H19FN2. The second-order valence-electron chi connectivity index (χ2n) is 5.47. The maximum atomic E-state index is 13.1. The second-order valence-corrected chi connectivity index (χ2v) is 5.47. The molecule has 0 aliphatic carbocycles. The van der Waals surface area contributed by atoms with Crippen LogP contribution >= 0.6 is 0 Å².